The van der Waals surface area contributed by atoms with Gasteiger partial charge in [-0.25, -0.2) is 4.98 Å². The summed E-state index contributed by atoms with van der Waals surface area (Å²) in [6.45, 7) is 1.22. The van der Waals surface area contributed by atoms with E-state index in [-0.39, 0.29) is 28.1 Å². The molecule has 1 aliphatic rings. The van der Waals surface area contributed by atoms with Gasteiger partial charge in [0.15, 0.2) is 12.4 Å². The molecule has 42 heavy (non-hydrogen) atoms. The number of nitrogens with zero attached hydrogens (tertiary/aromatic N) is 5. The molecule has 1 aliphatic heterocycles. The first kappa shape index (κ1) is 27.1. The van der Waals surface area contributed by atoms with Gasteiger partial charge in [0.2, 0.25) is 11.6 Å². The number of nitro benzene ring substituents is 1. The van der Waals surface area contributed by atoms with E-state index in [4.69, 9.17) is 25.5 Å². The van der Waals surface area contributed by atoms with Gasteiger partial charge in [-0.3, -0.25) is 19.7 Å². The molecule has 13 heteroatoms. The van der Waals surface area contributed by atoms with Gasteiger partial charge >= 0.3 is 5.69 Å². The number of ether oxygens (including phenoxy) is 2. The highest BCUT2D eigenvalue weighted by Gasteiger charge is 2.24. The quantitative estimate of drug-likeness (QED) is 0.154. The Hall–Kier alpha value is -5.07. The Balaban J connectivity index is 1.36. The first-order valence-corrected chi connectivity index (χ1v) is 13.3. The van der Waals surface area contributed by atoms with Gasteiger partial charge < -0.3 is 18.8 Å². The molecule has 0 radical (unpaired) electrons. The number of para-hydroxylation sites is 2. The SMILES string of the molecule is O=C(COc1c(Cl)cc(C=Nn2c(-c3cc4ccccc4o3)nc3ccccc3c2=O)cc1[N+](=O)[O-])N1CCOCC1. The summed E-state index contributed by atoms with van der Waals surface area (Å²) in [5, 5.41) is 17.3. The lowest BCUT2D eigenvalue weighted by molar-refractivity contribution is -0.385. The standard InChI is InChI=1S/C29H22ClN5O7/c30-21-13-18(14-23(35(38)39)27(21)41-17-26(36)33-9-11-40-12-10-33)16-31-34-28(25-15-19-5-1-4-8-24(19)42-25)32-22-7-3-2-6-20(22)29(34)37/h1-8,13-16H,9-12,17H2. The van der Waals surface area contributed by atoms with E-state index in [0.717, 1.165) is 10.1 Å². The summed E-state index contributed by atoms with van der Waals surface area (Å²) in [5.74, 6) is -0.120. The Morgan fingerprint density at radius 2 is 1.88 bits per heavy atom. The average molecular weight is 588 g/mol. The van der Waals surface area contributed by atoms with Gasteiger partial charge in [0.1, 0.15) is 5.58 Å². The summed E-state index contributed by atoms with van der Waals surface area (Å²) >= 11 is 6.38. The molecule has 212 valence electrons. The molecule has 1 saturated heterocycles. The molecular formula is C29H22ClN5O7. The number of hydrogen-bond donors (Lipinski definition) is 0. The van der Waals surface area contributed by atoms with Crippen LogP contribution in [0.5, 0.6) is 5.75 Å². The zero-order valence-electron chi connectivity index (χ0n) is 21.9. The zero-order chi connectivity index (χ0) is 29.2. The predicted octanol–water partition coefficient (Wildman–Crippen LogP) is 4.49. The molecule has 12 nitrogen and oxygen atoms in total. The molecule has 1 amide bonds. The molecule has 0 aliphatic carbocycles. The van der Waals surface area contributed by atoms with E-state index in [1.165, 1.54) is 18.3 Å². The number of halogens is 1. The van der Waals surface area contributed by atoms with E-state index in [2.05, 4.69) is 10.1 Å². The molecule has 3 aromatic carbocycles. The number of aromatic nitrogens is 2. The summed E-state index contributed by atoms with van der Waals surface area (Å²) in [7, 11) is 0. The summed E-state index contributed by atoms with van der Waals surface area (Å²) in [6, 6.07) is 18.5. The van der Waals surface area contributed by atoms with Crippen molar-refractivity contribution >= 4 is 51.3 Å². The number of rotatable bonds is 7. The summed E-state index contributed by atoms with van der Waals surface area (Å²) in [4.78, 5) is 43.4. The monoisotopic (exact) mass is 587 g/mol. The van der Waals surface area contributed by atoms with E-state index in [1.54, 1.807) is 41.3 Å². The highest BCUT2D eigenvalue weighted by molar-refractivity contribution is 6.32. The third kappa shape index (κ3) is 5.32. The van der Waals surface area contributed by atoms with Crippen LogP contribution in [0.2, 0.25) is 5.02 Å². The highest BCUT2D eigenvalue weighted by Crippen LogP contribution is 2.36. The first-order chi connectivity index (χ1) is 20.4. The fourth-order valence-electron chi connectivity index (χ4n) is 4.60. The van der Waals surface area contributed by atoms with E-state index in [9.17, 15) is 19.7 Å². The van der Waals surface area contributed by atoms with Gasteiger partial charge in [-0.05, 0) is 30.3 Å². The van der Waals surface area contributed by atoms with Gasteiger partial charge in [-0.1, -0.05) is 41.9 Å². The van der Waals surface area contributed by atoms with Crippen LogP contribution in [0, 0.1) is 10.1 Å². The number of carbonyl (C=O) groups is 1. The molecule has 5 aromatic rings. The fraction of sp³-hybridized carbons (Fsp3) is 0.172. The van der Waals surface area contributed by atoms with Gasteiger partial charge in [0.25, 0.3) is 11.5 Å². The highest BCUT2D eigenvalue weighted by atomic mass is 35.5. The first-order valence-electron chi connectivity index (χ1n) is 12.9. The van der Waals surface area contributed by atoms with Crippen LogP contribution in [0.25, 0.3) is 33.5 Å². The number of fused-ring (bicyclic) bond motifs is 2. The van der Waals surface area contributed by atoms with Crippen LogP contribution >= 0.6 is 11.6 Å². The third-order valence-corrected chi connectivity index (χ3v) is 6.95. The molecule has 0 saturated carbocycles. The third-order valence-electron chi connectivity index (χ3n) is 6.67. The summed E-state index contributed by atoms with van der Waals surface area (Å²) in [5.41, 5.74) is 0.357. The molecule has 3 heterocycles. The summed E-state index contributed by atoms with van der Waals surface area (Å²) in [6.07, 6.45) is 1.26. The van der Waals surface area contributed by atoms with Crippen molar-refractivity contribution in [1.82, 2.24) is 14.6 Å². The number of amides is 1. The normalized spacial score (nSPS) is 13.7. The van der Waals surface area contributed by atoms with Crippen LogP contribution < -0.4 is 10.3 Å². The van der Waals surface area contributed by atoms with Crippen LogP contribution in [-0.4, -0.2) is 64.5 Å². The Labute approximate surface area is 242 Å². The molecule has 1 fully saturated rings. The number of nitro groups is 1. The maximum atomic E-state index is 13.5. The molecule has 0 atom stereocenters. The second kappa shape index (κ2) is 11.4. The minimum Gasteiger partial charge on any atom is -0.476 e. The second-order valence-electron chi connectivity index (χ2n) is 9.35. The van der Waals surface area contributed by atoms with E-state index in [0.29, 0.717) is 48.5 Å². The lowest BCUT2D eigenvalue weighted by Crippen LogP contribution is -2.43. The van der Waals surface area contributed by atoms with Gasteiger partial charge in [0.05, 0.1) is 40.3 Å². The van der Waals surface area contributed by atoms with E-state index in [1.807, 2.05) is 18.2 Å². The predicted molar refractivity (Wildman–Crippen MR) is 155 cm³/mol. The molecular weight excluding hydrogens is 566 g/mol. The van der Waals surface area contributed by atoms with Crippen molar-refractivity contribution in [3.05, 3.63) is 97.8 Å². The Kier molecular flexibility index (Phi) is 7.38. The van der Waals surface area contributed by atoms with Gasteiger partial charge in [-0.2, -0.15) is 9.78 Å². The molecule has 0 unspecified atom stereocenters. The topological polar surface area (TPSA) is 142 Å². The average Bonchev–Trinajstić information content (AvgIpc) is 3.44. The molecule has 6 rings (SSSR count). The Morgan fingerprint density at radius 3 is 2.67 bits per heavy atom. The van der Waals surface area contributed by atoms with Crippen molar-refractivity contribution in [3.8, 4) is 17.3 Å². The summed E-state index contributed by atoms with van der Waals surface area (Å²) < 4.78 is 17.8. The largest absolute Gasteiger partial charge is 0.476 e. The van der Waals surface area contributed by atoms with Crippen molar-refractivity contribution in [2.24, 2.45) is 5.10 Å². The van der Waals surface area contributed by atoms with Crippen molar-refractivity contribution in [3.63, 3.8) is 0 Å². The smallest absolute Gasteiger partial charge is 0.313 e. The lowest BCUT2D eigenvalue weighted by atomic mass is 10.2. The van der Waals surface area contributed by atoms with Gasteiger partial charge in [-0.15, -0.1) is 0 Å². The minimum atomic E-state index is -0.665. The van der Waals surface area contributed by atoms with Crippen LogP contribution in [0.3, 0.4) is 0 Å². The van der Waals surface area contributed by atoms with Crippen molar-refractivity contribution < 1.29 is 23.6 Å². The van der Waals surface area contributed by atoms with Crippen LogP contribution in [0.15, 0.2) is 81.0 Å². The van der Waals surface area contributed by atoms with E-state index < -0.39 is 22.8 Å². The van der Waals surface area contributed by atoms with Crippen LogP contribution in [0.4, 0.5) is 5.69 Å². The van der Waals surface area contributed by atoms with Crippen molar-refractivity contribution in [2.45, 2.75) is 0 Å². The maximum absolute atomic E-state index is 13.5. The maximum Gasteiger partial charge on any atom is 0.313 e. The molecule has 0 N–H and O–H groups in total. The lowest BCUT2D eigenvalue weighted by Gasteiger charge is -2.26. The molecule has 0 spiro atoms. The number of carbonyl (C=O) groups excluding carboxylic acids is 1. The Bertz CT molecular complexity index is 1890. The fourth-order valence-corrected chi connectivity index (χ4v) is 4.87. The number of furan rings is 1. The molecule has 2 aromatic heterocycles. The van der Waals surface area contributed by atoms with Gasteiger partial charge in [0, 0.05) is 30.1 Å². The number of hydrogen-bond acceptors (Lipinski definition) is 9. The zero-order valence-corrected chi connectivity index (χ0v) is 22.7. The van der Waals surface area contributed by atoms with Crippen molar-refractivity contribution in [1.29, 1.82) is 0 Å². The number of morpholine rings is 1. The second-order valence-corrected chi connectivity index (χ2v) is 9.76. The Morgan fingerprint density at radius 1 is 1.12 bits per heavy atom. The van der Waals surface area contributed by atoms with Crippen LogP contribution in [0.1, 0.15) is 5.56 Å². The van der Waals surface area contributed by atoms with E-state index >= 15 is 0 Å². The minimum absolute atomic E-state index is 0.0954. The van der Waals surface area contributed by atoms with Crippen LogP contribution in [-0.2, 0) is 9.53 Å². The molecule has 0 bridgehead atoms. The number of benzene rings is 3. The van der Waals surface area contributed by atoms with Crippen molar-refractivity contribution in [2.75, 3.05) is 32.9 Å².